The van der Waals surface area contributed by atoms with Crippen LogP contribution in [0.3, 0.4) is 0 Å². The zero-order chi connectivity index (χ0) is 22.0. The Bertz CT molecular complexity index is 1190. The van der Waals surface area contributed by atoms with Gasteiger partial charge in [0.2, 0.25) is 0 Å². The van der Waals surface area contributed by atoms with Gasteiger partial charge in [-0.1, -0.05) is 24.3 Å². The summed E-state index contributed by atoms with van der Waals surface area (Å²) in [4.78, 5) is 21.4. The molecule has 1 fully saturated rings. The number of amides is 1. The van der Waals surface area contributed by atoms with Crippen molar-refractivity contribution in [2.75, 3.05) is 0 Å². The quantitative estimate of drug-likeness (QED) is 0.518. The molecule has 2 N–H and O–H groups in total. The molecule has 31 heavy (non-hydrogen) atoms. The topological polar surface area (TPSA) is 74.6 Å². The van der Waals surface area contributed by atoms with Gasteiger partial charge >= 0.3 is 6.18 Å². The van der Waals surface area contributed by atoms with Crippen LogP contribution in [0.4, 0.5) is 13.2 Å². The van der Waals surface area contributed by atoms with Crippen LogP contribution in [0.2, 0.25) is 0 Å². The molecule has 0 aliphatic carbocycles. The summed E-state index contributed by atoms with van der Waals surface area (Å²) < 4.78 is 38.1. The maximum absolute atomic E-state index is 12.7. The number of aliphatic imine (C=N–C) groups is 1. The summed E-state index contributed by atoms with van der Waals surface area (Å²) in [6, 6.07) is 11.5. The third-order valence-corrected chi connectivity index (χ3v) is 6.08. The number of thioether (sulfide) groups is 1. The van der Waals surface area contributed by atoms with Gasteiger partial charge in [-0.3, -0.25) is 9.79 Å². The number of aromatic nitrogens is 1. The molecule has 3 aromatic rings. The van der Waals surface area contributed by atoms with Crippen LogP contribution >= 0.6 is 23.1 Å². The third-order valence-electron chi connectivity index (χ3n) is 4.23. The maximum Gasteiger partial charge on any atom is 0.416 e. The summed E-state index contributed by atoms with van der Waals surface area (Å²) in [7, 11) is 0. The van der Waals surface area contributed by atoms with E-state index in [9.17, 15) is 23.1 Å². The number of rotatable bonds is 4. The first kappa shape index (κ1) is 21.1. The summed E-state index contributed by atoms with van der Waals surface area (Å²) in [6.07, 6.45) is -2.77. The van der Waals surface area contributed by atoms with Crippen LogP contribution in [-0.2, 0) is 17.5 Å². The summed E-state index contributed by atoms with van der Waals surface area (Å²) in [5.41, 5.74) is 1.19. The molecule has 0 saturated carbocycles. The largest absolute Gasteiger partial charge is 0.508 e. The van der Waals surface area contributed by atoms with Crippen LogP contribution in [0.1, 0.15) is 16.8 Å². The Morgan fingerprint density at radius 2 is 1.94 bits per heavy atom. The summed E-state index contributed by atoms with van der Waals surface area (Å²) in [6.45, 7) is 0.305. The predicted molar refractivity (Wildman–Crippen MR) is 116 cm³/mol. The molecule has 1 amide bonds. The van der Waals surface area contributed by atoms with E-state index in [1.165, 1.54) is 35.2 Å². The van der Waals surface area contributed by atoms with Gasteiger partial charge in [0.1, 0.15) is 10.8 Å². The average Bonchev–Trinajstić information content (AvgIpc) is 3.33. The molecule has 1 aliphatic rings. The standard InChI is InChI=1S/C21H14F3N3O2S2/c22-21(23,24)14-6-4-13(5-7-14)19-26-15(11-30-19)9-17-18(29)27-20(31-17)25-10-12-2-1-3-16(28)8-12/h1-9,11,28H,10H2,(H,25,27,29)/b17-9+. The minimum absolute atomic E-state index is 0.147. The molecule has 0 atom stereocenters. The van der Waals surface area contributed by atoms with Crippen LogP contribution in [0, 0.1) is 0 Å². The smallest absolute Gasteiger partial charge is 0.416 e. The van der Waals surface area contributed by atoms with Gasteiger partial charge in [0, 0.05) is 10.9 Å². The highest BCUT2D eigenvalue weighted by Gasteiger charge is 2.30. The number of halogens is 3. The van der Waals surface area contributed by atoms with E-state index in [1.54, 1.807) is 29.7 Å². The molecular weight excluding hydrogens is 447 g/mol. The molecule has 2 heterocycles. The van der Waals surface area contributed by atoms with E-state index >= 15 is 0 Å². The van der Waals surface area contributed by atoms with Gasteiger partial charge in [0.05, 0.1) is 22.7 Å². The Kier molecular flexibility index (Phi) is 5.84. The Balaban J connectivity index is 1.46. The molecule has 10 heteroatoms. The fourth-order valence-corrected chi connectivity index (χ4v) is 4.33. The van der Waals surface area contributed by atoms with E-state index in [0.717, 1.165) is 17.7 Å². The number of carbonyl (C=O) groups is 1. The number of phenolic OH excluding ortho intramolecular Hbond substituents is 1. The van der Waals surface area contributed by atoms with E-state index in [0.29, 0.717) is 32.9 Å². The van der Waals surface area contributed by atoms with Crippen LogP contribution in [0.5, 0.6) is 5.75 Å². The summed E-state index contributed by atoms with van der Waals surface area (Å²) >= 11 is 2.45. The molecule has 158 valence electrons. The number of thiazole rings is 1. The predicted octanol–water partition coefficient (Wildman–Crippen LogP) is 5.29. The SMILES string of the molecule is O=C1NC(=NCc2cccc(O)c2)S/C1=C/c1csc(-c2ccc(C(F)(F)F)cc2)n1. The molecule has 5 nitrogen and oxygen atoms in total. The van der Waals surface area contributed by atoms with Crippen LogP contribution < -0.4 is 5.32 Å². The number of hydrogen-bond donors (Lipinski definition) is 2. The van der Waals surface area contributed by atoms with E-state index in [-0.39, 0.29) is 11.7 Å². The van der Waals surface area contributed by atoms with Crippen molar-refractivity contribution in [2.24, 2.45) is 4.99 Å². The molecule has 2 aromatic carbocycles. The van der Waals surface area contributed by atoms with Gasteiger partial charge in [-0.2, -0.15) is 13.2 Å². The van der Waals surface area contributed by atoms with Crippen molar-refractivity contribution < 1.29 is 23.1 Å². The fourth-order valence-electron chi connectivity index (χ4n) is 2.74. The highest BCUT2D eigenvalue weighted by molar-refractivity contribution is 8.18. The third kappa shape index (κ3) is 5.15. The fraction of sp³-hybridized carbons (Fsp3) is 0.0952. The highest BCUT2D eigenvalue weighted by Crippen LogP contribution is 2.33. The molecule has 0 bridgehead atoms. The molecule has 0 radical (unpaired) electrons. The van der Waals surface area contributed by atoms with Crippen molar-refractivity contribution in [1.29, 1.82) is 0 Å². The number of nitrogens with one attached hydrogen (secondary N) is 1. The Morgan fingerprint density at radius 3 is 2.65 bits per heavy atom. The van der Waals surface area contributed by atoms with E-state index in [1.807, 2.05) is 6.07 Å². The number of carbonyl (C=O) groups excluding carboxylic acids is 1. The minimum atomic E-state index is -4.38. The molecule has 1 aliphatic heterocycles. The van der Waals surface area contributed by atoms with Crippen LogP contribution in [0.15, 0.2) is 63.8 Å². The van der Waals surface area contributed by atoms with Crippen molar-refractivity contribution in [3.05, 3.63) is 75.6 Å². The second-order valence-electron chi connectivity index (χ2n) is 6.51. The Morgan fingerprint density at radius 1 is 1.16 bits per heavy atom. The van der Waals surface area contributed by atoms with Crippen molar-refractivity contribution in [1.82, 2.24) is 10.3 Å². The van der Waals surface area contributed by atoms with Crippen molar-refractivity contribution in [3.63, 3.8) is 0 Å². The lowest BCUT2D eigenvalue weighted by molar-refractivity contribution is -0.137. The van der Waals surface area contributed by atoms with E-state index < -0.39 is 11.7 Å². The van der Waals surface area contributed by atoms with Gasteiger partial charge in [-0.05, 0) is 47.7 Å². The summed E-state index contributed by atoms with van der Waals surface area (Å²) in [5.74, 6) is -0.155. The van der Waals surface area contributed by atoms with Crippen molar-refractivity contribution >= 4 is 40.2 Å². The van der Waals surface area contributed by atoms with Crippen LogP contribution in [-0.4, -0.2) is 21.2 Å². The molecule has 4 rings (SSSR count). The number of aromatic hydroxyl groups is 1. The molecule has 1 saturated heterocycles. The minimum Gasteiger partial charge on any atom is -0.508 e. The number of nitrogens with zero attached hydrogens (tertiary/aromatic N) is 2. The normalized spacial score (nSPS) is 16.8. The number of benzene rings is 2. The monoisotopic (exact) mass is 461 g/mol. The molecule has 1 aromatic heterocycles. The second-order valence-corrected chi connectivity index (χ2v) is 8.40. The van der Waals surface area contributed by atoms with Crippen molar-refractivity contribution in [3.8, 4) is 16.3 Å². The lowest BCUT2D eigenvalue weighted by Crippen LogP contribution is -2.19. The zero-order valence-corrected chi connectivity index (χ0v) is 17.3. The van der Waals surface area contributed by atoms with Gasteiger partial charge in [0.25, 0.3) is 5.91 Å². The van der Waals surface area contributed by atoms with Gasteiger partial charge in [-0.25, -0.2) is 4.98 Å². The first-order chi connectivity index (χ1) is 14.8. The second kappa shape index (κ2) is 8.56. The number of amidine groups is 1. The van der Waals surface area contributed by atoms with E-state index in [2.05, 4.69) is 15.3 Å². The van der Waals surface area contributed by atoms with Gasteiger partial charge in [0.15, 0.2) is 5.17 Å². The molecule has 0 unspecified atom stereocenters. The first-order valence-electron chi connectivity index (χ1n) is 8.94. The summed E-state index contributed by atoms with van der Waals surface area (Å²) in [5, 5.41) is 14.9. The van der Waals surface area contributed by atoms with Crippen molar-refractivity contribution in [2.45, 2.75) is 12.7 Å². The van der Waals surface area contributed by atoms with Crippen LogP contribution in [0.25, 0.3) is 16.6 Å². The average molecular weight is 461 g/mol. The lowest BCUT2D eigenvalue weighted by atomic mass is 10.1. The first-order valence-corrected chi connectivity index (χ1v) is 10.6. The zero-order valence-electron chi connectivity index (χ0n) is 15.7. The number of alkyl halides is 3. The molecular formula is C21H14F3N3O2S2. The van der Waals surface area contributed by atoms with E-state index in [4.69, 9.17) is 0 Å². The number of phenols is 1. The Hall–Kier alpha value is -3.11. The van der Waals surface area contributed by atoms with Gasteiger partial charge in [-0.15, -0.1) is 11.3 Å². The lowest BCUT2D eigenvalue weighted by Gasteiger charge is -2.06. The highest BCUT2D eigenvalue weighted by atomic mass is 32.2. The maximum atomic E-state index is 12.7. The number of hydrogen-bond acceptors (Lipinski definition) is 6. The molecule has 0 spiro atoms. The Labute approximate surface area is 183 Å². The van der Waals surface area contributed by atoms with Gasteiger partial charge < -0.3 is 10.4 Å².